The molecule has 0 saturated carbocycles. The normalized spacial score (nSPS) is 11.2. The topological polar surface area (TPSA) is 82.2 Å². The summed E-state index contributed by atoms with van der Waals surface area (Å²) in [5, 5.41) is 11.3. The number of rotatable bonds is 4. The number of carboxylic acid groups (broad SMARTS) is 1. The summed E-state index contributed by atoms with van der Waals surface area (Å²) in [5.41, 5.74) is -0.383. The summed E-state index contributed by atoms with van der Waals surface area (Å²) in [4.78, 5) is 25.0. The van der Waals surface area contributed by atoms with Gasteiger partial charge in [-0.05, 0) is 35.8 Å². The van der Waals surface area contributed by atoms with Crippen molar-refractivity contribution < 1.29 is 14.7 Å². The number of amides is 1. The number of hydrogen-bond acceptors (Lipinski definition) is 2. The lowest BCUT2D eigenvalue weighted by atomic mass is 10.0. The van der Waals surface area contributed by atoms with Crippen molar-refractivity contribution in [2.24, 2.45) is 0 Å². The maximum absolute atomic E-state index is 11.7. The second kappa shape index (κ2) is 4.69. The summed E-state index contributed by atoms with van der Waals surface area (Å²) < 4.78 is 0.772. The van der Waals surface area contributed by atoms with E-state index in [1.54, 1.807) is 26.1 Å². The van der Waals surface area contributed by atoms with Gasteiger partial charge in [0.1, 0.15) is 5.69 Å². The number of halogens is 1. The SMILES string of the molecule is CC(C)(CC(=O)O)NC(=O)c1cc(Br)c[nH]1. The number of carboxylic acids is 1. The molecule has 0 bridgehead atoms. The predicted octanol–water partition coefficient (Wildman–Crippen LogP) is 1.76. The van der Waals surface area contributed by atoms with Gasteiger partial charge in [-0.2, -0.15) is 0 Å². The molecule has 1 aromatic heterocycles. The zero-order valence-electron chi connectivity index (χ0n) is 9.00. The van der Waals surface area contributed by atoms with Gasteiger partial charge in [0.05, 0.1) is 6.42 Å². The third-order valence-electron chi connectivity index (χ3n) is 1.94. The molecule has 6 heteroatoms. The average molecular weight is 289 g/mol. The molecule has 0 fully saturated rings. The molecular weight excluding hydrogens is 276 g/mol. The smallest absolute Gasteiger partial charge is 0.305 e. The molecule has 0 radical (unpaired) electrons. The molecule has 5 nitrogen and oxygen atoms in total. The number of aromatic amines is 1. The van der Waals surface area contributed by atoms with Crippen LogP contribution in [0.5, 0.6) is 0 Å². The fourth-order valence-corrected chi connectivity index (χ4v) is 1.64. The maximum atomic E-state index is 11.7. The van der Waals surface area contributed by atoms with E-state index in [2.05, 4.69) is 26.2 Å². The van der Waals surface area contributed by atoms with E-state index in [9.17, 15) is 9.59 Å². The number of aliphatic carboxylic acids is 1. The van der Waals surface area contributed by atoms with Gasteiger partial charge in [0.15, 0.2) is 0 Å². The Balaban J connectivity index is 2.67. The van der Waals surface area contributed by atoms with E-state index < -0.39 is 11.5 Å². The van der Waals surface area contributed by atoms with Crippen LogP contribution >= 0.6 is 15.9 Å². The summed E-state index contributed by atoms with van der Waals surface area (Å²) in [6.45, 7) is 3.33. The van der Waals surface area contributed by atoms with Gasteiger partial charge in [-0.25, -0.2) is 0 Å². The van der Waals surface area contributed by atoms with Crippen molar-refractivity contribution >= 4 is 27.8 Å². The minimum Gasteiger partial charge on any atom is -0.481 e. The van der Waals surface area contributed by atoms with E-state index in [4.69, 9.17) is 5.11 Å². The van der Waals surface area contributed by atoms with Gasteiger partial charge in [-0.1, -0.05) is 0 Å². The highest BCUT2D eigenvalue weighted by atomic mass is 79.9. The van der Waals surface area contributed by atoms with Crippen LogP contribution in [0.2, 0.25) is 0 Å². The van der Waals surface area contributed by atoms with Crippen LogP contribution < -0.4 is 5.32 Å². The van der Waals surface area contributed by atoms with Gasteiger partial charge in [-0.15, -0.1) is 0 Å². The largest absolute Gasteiger partial charge is 0.481 e. The van der Waals surface area contributed by atoms with Crippen LogP contribution in [0.15, 0.2) is 16.7 Å². The first kappa shape index (κ1) is 12.8. The van der Waals surface area contributed by atoms with Crippen molar-refractivity contribution in [3.05, 3.63) is 22.4 Å². The maximum Gasteiger partial charge on any atom is 0.305 e. The van der Waals surface area contributed by atoms with Crippen LogP contribution in [0.3, 0.4) is 0 Å². The number of hydrogen-bond donors (Lipinski definition) is 3. The molecule has 0 unspecified atom stereocenters. The number of aromatic nitrogens is 1. The molecule has 3 N–H and O–H groups in total. The number of H-pyrrole nitrogens is 1. The first-order valence-electron chi connectivity index (χ1n) is 4.68. The summed E-state index contributed by atoms with van der Waals surface area (Å²) >= 11 is 3.22. The minimum absolute atomic E-state index is 0.124. The zero-order chi connectivity index (χ0) is 12.3. The molecule has 1 aromatic rings. The Kier molecular flexibility index (Phi) is 3.74. The van der Waals surface area contributed by atoms with Crippen LogP contribution in [-0.4, -0.2) is 27.5 Å². The second-order valence-electron chi connectivity index (χ2n) is 4.14. The molecule has 0 aliphatic heterocycles. The first-order valence-corrected chi connectivity index (χ1v) is 5.48. The van der Waals surface area contributed by atoms with Crippen molar-refractivity contribution in [3.63, 3.8) is 0 Å². The molecule has 0 aliphatic rings. The van der Waals surface area contributed by atoms with Crippen molar-refractivity contribution in [2.75, 3.05) is 0 Å². The van der Waals surface area contributed by atoms with Crippen LogP contribution in [0, 0.1) is 0 Å². The number of carbonyl (C=O) groups excluding carboxylic acids is 1. The van der Waals surface area contributed by atoms with E-state index in [0.29, 0.717) is 5.69 Å². The predicted molar refractivity (Wildman–Crippen MR) is 62.3 cm³/mol. The Hall–Kier alpha value is -1.30. The molecule has 1 heterocycles. The minimum atomic E-state index is -0.946. The molecule has 0 spiro atoms. The summed E-state index contributed by atoms with van der Waals surface area (Å²) in [7, 11) is 0. The van der Waals surface area contributed by atoms with Gasteiger partial charge in [0.25, 0.3) is 5.91 Å². The second-order valence-corrected chi connectivity index (χ2v) is 5.06. The lowest BCUT2D eigenvalue weighted by molar-refractivity contribution is -0.138. The van der Waals surface area contributed by atoms with Gasteiger partial charge in [0.2, 0.25) is 0 Å². The van der Waals surface area contributed by atoms with Gasteiger partial charge >= 0.3 is 5.97 Å². The van der Waals surface area contributed by atoms with Crippen LogP contribution in [0.1, 0.15) is 30.8 Å². The lowest BCUT2D eigenvalue weighted by Gasteiger charge is -2.23. The number of carbonyl (C=O) groups is 2. The fourth-order valence-electron chi connectivity index (χ4n) is 1.30. The highest BCUT2D eigenvalue weighted by molar-refractivity contribution is 9.10. The molecular formula is C10H13BrN2O3. The Bertz CT molecular complexity index is 412. The third kappa shape index (κ3) is 3.69. The van der Waals surface area contributed by atoms with E-state index in [1.165, 1.54) is 0 Å². The molecule has 1 rings (SSSR count). The molecule has 0 saturated heterocycles. The van der Waals surface area contributed by atoms with E-state index >= 15 is 0 Å². The number of nitrogens with one attached hydrogen (secondary N) is 2. The fraction of sp³-hybridized carbons (Fsp3) is 0.400. The average Bonchev–Trinajstić information content (AvgIpc) is 2.47. The Morgan fingerprint density at radius 3 is 2.62 bits per heavy atom. The molecule has 0 aromatic carbocycles. The Morgan fingerprint density at radius 2 is 2.19 bits per heavy atom. The van der Waals surface area contributed by atoms with Crippen LogP contribution in [0.4, 0.5) is 0 Å². The third-order valence-corrected chi connectivity index (χ3v) is 2.40. The molecule has 16 heavy (non-hydrogen) atoms. The van der Waals surface area contributed by atoms with Crippen molar-refractivity contribution in [3.8, 4) is 0 Å². The van der Waals surface area contributed by atoms with Gasteiger partial charge in [-0.3, -0.25) is 9.59 Å². The molecule has 1 amide bonds. The van der Waals surface area contributed by atoms with E-state index in [0.717, 1.165) is 4.47 Å². The summed E-state index contributed by atoms with van der Waals surface area (Å²) in [6.07, 6.45) is 1.51. The van der Waals surface area contributed by atoms with Gasteiger partial charge < -0.3 is 15.4 Å². The quantitative estimate of drug-likeness (QED) is 0.790. The first-order chi connectivity index (χ1) is 7.30. The molecule has 0 aliphatic carbocycles. The summed E-state index contributed by atoms with van der Waals surface area (Å²) in [5.74, 6) is -1.27. The highest BCUT2D eigenvalue weighted by Crippen LogP contribution is 2.13. The standard InChI is InChI=1S/C10H13BrN2O3/c1-10(2,4-8(14)15)13-9(16)7-3-6(11)5-12-7/h3,5,12H,4H2,1-2H3,(H,13,16)(H,14,15). The highest BCUT2D eigenvalue weighted by Gasteiger charge is 2.24. The van der Waals surface area contributed by atoms with Crippen LogP contribution in [0.25, 0.3) is 0 Å². The van der Waals surface area contributed by atoms with Crippen molar-refractivity contribution in [2.45, 2.75) is 25.8 Å². The van der Waals surface area contributed by atoms with E-state index in [1.807, 2.05) is 0 Å². The van der Waals surface area contributed by atoms with E-state index in [-0.39, 0.29) is 12.3 Å². The Morgan fingerprint density at radius 1 is 1.56 bits per heavy atom. The van der Waals surface area contributed by atoms with Crippen molar-refractivity contribution in [1.29, 1.82) is 0 Å². The molecule has 0 atom stereocenters. The zero-order valence-corrected chi connectivity index (χ0v) is 10.6. The van der Waals surface area contributed by atoms with Crippen LogP contribution in [-0.2, 0) is 4.79 Å². The monoisotopic (exact) mass is 288 g/mol. The summed E-state index contributed by atoms with van der Waals surface area (Å²) in [6, 6.07) is 1.63. The lowest BCUT2D eigenvalue weighted by Crippen LogP contribution is -2.45. The van der Waals surface area contributed by atoms with Crippen molar-refractivity contribution in [1.82, 2.24) is 10.3 Å². The van der Waals surface area contributed by atoms with Gasteiger partial charge in [0, 0.05) is 16.2 Å². The molecule has 88 valence electrons. The Labute approximate surface area is 101 Å².